The van der Waals surface area contributed by atoms with Crippen LogP contribution in [-0.4, -0.2) is 53.4 Å². The van der Waals surface area contributed by atoms with E-state index in [9.17, 15) is 9.90 Å². The SMILES string of the molecule is CC(CCC(=O)NN)N1CC(CO)OC(C)(C)C1. The van der Waals surface area contributed by atoms with E-state index in [0.29, 0.717) is 13.0 Å². The van der Waals surface area contributed by atoms with E-state index in [2.05, 4.69) is 17.2 Å². The lowest BCUT2D eigenvalue weighted by Gasteiger charge is -2.44. The average Bonchev–Trinajstić information content (AvgIpc) is 2.33. The molecule has 6 nitrogen and oxygen atoms in total. The largest absolute Gasteiger partial charge is 0.394 e. The minimum absolute atomic E-state index is 0.0237. The summed E-state index contributed by atoms with van der Waals surface area (Å²) < 4.78 is 5.76. The lowest BCUT2D eigenvalue weighted by molar-refractivity contribution is -0.156. The number of aliphatic hydroxyl groups excluding tert-OH is 1. The summed E-state index contributed by atoms with van der Waals surface area (Å²) in [4.78, 5) is 13.4. The monoisotopic (exact) mass is 259 g/mol. The fraction of sp³-hybridized carbons (Fsp3) is 0.917. The van der Waals surface area contributed by atoms with Gasteiger partial charge in [0.05, 0.1) is 18.3 Å². The van der Waals surface area contributed by atoms with Crippen molar-refractivity contribution in [2.24, 2.45) is 5.84 Å². The summed E-state index contributed by atoms with van der Waals surface area (Å²) in [6.45, 7) is 7.64. The molecule has 0 aromatic heterocycles. The maximum absolute atomic E-state index is 11.1. The standard InChI is InChI=1S/C12H25N3O3/c1-9(4-5-11(17)14-13)15-6-10(7-16)18-12(2,3)8-15/h9-10,16H,4-8,13H2,1-3H3,(H,14,17). The van der Waals surface area contributed by atoms with E-state index in [1.807, 2.05) is 13.8 Å². The van der Waals surface area contributed by atoms with Crippen LogP contribution in [-0.2, 0) is 9.53 Å². The van der Waals surface area contributed by atoms with Crippen LogP contribution >= 0.6 is 0 Å². The van der Waals surface area contributed by atoms with E-state index in [1.54, 1.807) is 0 Å². The first-order chi connectivity index (χ1) is 8.38. The highest BCUT2D eigenvalue weighted by atomic mass is 16.5. The number of ether oxygens (including phenoxy) is 1. The second kappa shape index (κ2) is 6.47. The molecule has 1 heterocycles. The molecule has 1 saturated heterocycles. The van der Waals surface area contributed by atoms with Gasteiger partial charge in [-0.25, -0.2) is 5.84 Å². The Kier molecular flexibility index (Phi) is 5.52. The number of nitrogens with two attached hydrogens (primary N) is 1. The minimum atomic E-state index is -0.268. The van der Waals surface area contributed by atoms with Gasteiger partial charge < -0.3 is 9.84 Å². The zero-order chi connectivity index (χ0) is 13.8. The predicted octanol–water partition coefficient (Wildman–Crippen LogP) is -0.383. The molecule has 0 saturated carbocycles. The fourth-order valence-electron chi connectivity index (χ4n) is 2.37. The van der Waals surface area contributed by atoms with Crippen LogP contribution in [0, 0.1) is 0 Å². The van der Waals surface area contributed by atoms with Crippen LogP contribution in [0.5, 0.6) is 0 Å². The zero-order valence-corrected chi connectivity index (χ0v) is 11.5. The van der Waals surface area contributed by atoms with E-state index >= 15 is 0 Å². The predicted molar refractivity (Wildman–Crippen MR) is 68.6 cm³/mol. The van der Waals surface area contributed by atoms with Gasteiger partial charge in [0.2, 0.25) is 5.91 Å². The number of hydrazine groups is 1. The summed E-state index contributed by atoms with van der Waals surface area (Å²) in [5.41, 5.74) is 1.87. The van der Waals surface area contributed by atoms with Gasteiger partial charge in [0.25, 0.3) is 0 Å². The Morgan fingerprint density at radius 2 is 2.33 bits per heavy atom. The highest BCUT2D eigenvalue weighted by molar-refractivity contribution is 5.75. The fourth-order valence-corrected chi connectivity index (χ4v) is 2.37. The number of nitrogens with zero attached hydrogens (tertiary/aromatic N) is 1. The van der Waals surface area contributed by atoms with Gasteiger partial charge in [0, 0.05) is 25.6 Å². The number of morpholine rings is 1. The highest BCUT2D eigenvalue weighted by Gasteiger charge is 2.34. The molecule has 4 N–H and O–H groups in total. The topological polar surface area (TPSA) is 87.8 Å². The molecule has 0 bridgehead atoms. The van der Waals surface area contributed by atoms with Gasteiger partial charge in [-0.1, -0.05) is 0 Å². The van der Waals surface area contributed by atoms with Gasteiger partial charge in [-0.3, -0.25) is 15.1 Å². The Labute approximate surface area is 108 Å². The number of hydrogen-bond donors (Lipinski definition) is 3. The molecule has 2 unspecified atom stereocenters. The van der Waals surface area contributed by atoms with Crippen molar-refractivity contribution in [2.75, 3.05) is 19.7 Å². The van der Waals surface area contributed by atoms with Crippen molar-refractivity contribution in [3.05, 3.63) is 0 Å². The van der Waals surface area contributed by atoms with Crippen molar-refractivity contribution in [3.8, 4) is 0 Å². The van der Waals surface area contributed by atoms with Gasteiger partial charge in [-0.15, -0.1) is 0 Å². The Bertz CT molecular complexity index is 284. The Hall–Kier alpha value is -0.690. The molecular formula is C12H25N3O3. The number of nitrogens with one attached hydrogen (secondary N) is 1. The Morgan fingerprint density at radius 3 is 2.89 bits per heavy atom. The lowest BCUT2D eigenvalue weighted by Crippen LogP contribution is -2.56. The number of aliphatic hydroxyl groups is 1. The molecule has 0 aromatic carbocycles. The first-order valence-electron chi connectivity index (χ1n) is 6.40. The summed E-state index contributed by atoms with van der Waals surface area (Å²) in [5, 5.41) is 9.25. The number of rotatable bonds is 5. The third-order valence-electron chi connectivity index (χ3n) is 3.28. The average molecular weight is 259 g/mol. The molecule has 6 heteroatoms. The molecule has 0 radical (unpaired) electrons. The van der Waals surface area contributed by atoms with Gasteiger partial charge in [-0.05, 0) is 27.2 Å². The number of hydrogen-bond acceptors (Lipinski definition) is 5. The third-order valence-corrected chi connectivity index (χ3v) is 3.28. The second-order valence-corrected chi connectivity index (χ2v) is 5.57. The first kappa shape index (κ1) is 15.4. The maximum Gasteiger partial charge on any atom is 0.233 e. The van der Waals surface area contributed by atoms with E-state index < -0.39 is 0 Å². The number of carbonyl (C=O) groups excluding carboxylic acids is 1. The first-order valence-corrected chi connectivity index (χ1v) is 6.40. The van der Waals surface area contributed by atoms with Crippen molar-refractivity contribution >= 4 is 5.91 Å². The number of carbonyl (C=O) groups is 1. The van der Waals surface area contributed by atoms with Crippen LogP contribution < -0.4 is 11.3 Å². The van der Waals surface area contributed by atoms with Gasteiger partial charge in [-0.2, -0.15) is 0 Å². The van der Waals surface area contributed by atoms with Gasteiger partial charge in [0.1, 0.15) is 0 Å². The molecule has 2 atom stereocenters. The Morgan fingerprint density at radius 1 is 1.67 bits per heavy atom. The smallest absolute Gasteiger partial charge is 0.233 e. The summed E-state index contributed by atoms with van der Waals surface area (Å²) in [6.07, 6.45) is 1.01. The second-order valence-electron chi connectivity index (χ2n) is 5.57. The minimum Gasteiger partial charge on any atom is -0.394 e. The molecular weight excluding hydrogens is 234 g/mol. The molecule has 1 rings (SSSR count). The lowest BCUT2D eigenvalue weighted by atomic mass is 10.0. The summed E-state index contributed by atoms with van der Waals surface area (Å²) in [7, 11) is 0. The van der Waals surface area contributed by atoms with E-state index in [-0.39, 0.29) is 30.3 Å². The molecule has 0 aliphatic carbocycles. The highest BCUT2D eigenvalue weighted by Crippen LogP contribution is 2.23. The summed E-state index contributed by atoms with van der Waals surface area (Å²) in [5.74, 6) is 4.91. The van der Waals surface area contributed by atoms with Crippen LogP contribution in [0.2, 0.25) is 0 Å². The molecule has 1 aliphatic rings. The van der Waals surface area contributed by atoms with Crippen LogP contribution in [0.1, 0.15) is 33.6 Å². The summed E-state index contributed by atoms with van der Waals surface area (Å²) >= 11 is 0. The van der Waals surface area contributed by atoms with Crippen molar-refractivity contribution in [2.45, 2.75) is 51.4 Å². The van der Waals surface area contributed by atoms with Crippen LogP contribution in [0.3, 0.4) is 0 Å². The van der Waals surface area contributed by atoms with Crippen molar-refractivity contribution in [1.29, 1.82) is 0 Å². The molecule has 1 fully saturated rings. The van der Waals surface area contributed by atoms with Gasteiger partial charge in [0.15, 0.2) is 0 Å². The Balaban J connectivity index is 2.50. The molecule has 1 aliphatic heterocycles. The molecule has 106 valence electrons. The van der Waals surface area contributed by atoms with Crippen LogP contribution in [0.25, 0.3) is 0 Å². The maximum atomic E-state index is 11.1. The van der Waals surface area contributed by atoms with Crippen molar-refractivity contribution in [1.82, 2.24) is 10.3 Å². The summed E-state index contributed by atoms with van der Waals surface area (Å²) in [6, 6.07) is 0.263. The third kappa shape index (κ3) is 4.53. The van der Waals surface area contributed by atoms with E-state index in [4.69, 9.17) is 10.6 Å². The van der Waals surface area contributed by atoms with Crippen molar-refractivity contribution < 1.29 is 14.6 Å². The quantitative estimate of drug-likeness (QED) is 0.356. The number of amides is 1. The normalized spacial score (nSPS) is 25.7. The zero-order valence-electron chi connectivity index (χ0n) is 11.5. The van der Waals surface area contributed by atoms with Crippen LogP contribution in [0.15, 0.2) is 0 Å². The van der Waals surface area contributed by atoms with Gasteiger partial charge >= 0.3 is 0 Å². The molecule has 1 amide bonds. The molecule has 0 aromatic rings. The van der Waals surface area contributed by atoms with E-state index in [0.717, 1.165) is 13.0 Å². The van der Waals surface area contributed by atoms with E-state index in [1.165, 1.54) is 0 Å². The van der Waals surface area contributed by atoms with Crippen molar-refractivity contribution in [3.63, 3.8) is 0 Å². The molecule has 18 heavy (non-hydrogen) atoms. The van der Waals surface area contributed by atoms with Crippen LogP contribution in [0.4, 0.5) is 0 Å². The molecule has 0 spiro atoms.